The van der Waals surface area contributed by atoms with E-state index in [9.17, 15) is 0 Å². The van der Waals surface area contributed by atoms with Gasteiger partial charge in [-0.1, -0.05) is 19.3 Å². The minimum atomic E-state index is 0. The van der Waals surface area contributed by atoms with E-state index in [1.165, 1.54) is 32.1 Å². The van der Waals surface area contributed by atoms with Gasteiger partial charge in [-0.15, -0.1) is 24.0 Å². The Morgan fingerprint density at radius 3 is 2.50 bits per heavy atom. The Morgan fingerprint density at radius 1 is 1.07 bits per heavy atom. The summed E-state index contributed by atoms with van der Waals surface area (Å²) in [6, 6.07) is 0. The lowest BCUT2D eigenvalue weighted by molar-refractivity contribution is -0.0333. The van der Waals surface area contributed by atoms with Crippen molar-refractivity contribution in [2.45, 2.75) is 51.0 Å². The average Bonchev–Trinajstić information content (AvgIpc) is 2.72. The van der Waals surface area contributed by atoms with Crippen LogP contribution in [0, 0.1) is 0 Å². The number of nitrogens with one attached hydrogen (secondary N) is 2. The zero-order valence-electron chi connectivity index (χ0n) is 17.8. The Morgan fingerprint density at radius 2 is 1.82 bits per heavy atom. The van der Waals surface area contributed by atoms with Crippen molar-refractivity contribution in [2.24, 2.45) is 4.99 Å². The highest BCUT2D eigenvalue weighted by atomic mass is 127. The molecule has 1 saturated carbocycles. The Labute approximate surface area is 188 Å². The molecule has 1 heterocycles. The summed E-state index contributed by atoms with van der Waals surface area (Å²) in [6.45, 7) is 10.6. The third-order valence-electron chi connectivity index (χ3n) is 5.53. The van der Waals surface area contributed by atoms with Gasteiger partial charge in [0.05, 0.1) is 33.0 Å². The highest BCUT2D eigenvalue weighted by Gasteiger charge is 2.38. The number of nitrogens with zero attached hydrogens (tertiary/aromatic N) is 2. The first-order valence-electron chi connectivity index (χ1n) is 10.7. The van der Waals surface area contributed by atoms with Gasteiger partial charge in [0.25, 0.3) is 0 Å². The predicted octanol–water partition coefficient (Wildman–Crippen LogP) is 2.25. The van der Waals surface area contributed by atoms with Gasteiger partial charge < -0.3 is 24.8 Å². The van der Waals surface area contributed by atoms with Crippen molar-refractivity contribution in [1.82, 2.24) is 15.5 Å². The van der Waals surface area contributed by atoms with E-state index in [-0.39, 0.29) is 29.5 Å². The van der Waals surface area contributed by atoms with Crippen LogP contribution in [-0.2, 0) is 14.2 Å². The lowest BCUT2D eigenvalue weighted by Gasteiger charge is -2.47. The van der Waals surface area contributed by atoms with Crippen LogP contribution in [0.1, 0.15) is 45.4 Å². The Balaban J connectivity index is 0.00000392. The molecule has 166 valence electrons. The average molecular weight is 512 g/mol. The topological polar surface area (TPSA) is 67.4 Å². The largest absolute Gasteiger partial charge is 0.382 e. The second kappa shape index (κ2) is 15.6. The first kappa shape index (κ1) is 25.9. The van der Waals surface area contributed by atoms with E-state index < -0.39 is 0 Å². The van der Waals surface area contributed by atoms with E-state index in [1.54, 1.807) is 7.11 Å². The monoisotopic (exact) mass is 512 g/mol. The second-order valence-electron chi connectivity index (χ2n) is 7.47. The van der Waals surface area contributed by atoms with Gasteiger partial charge in [-0.05, 0) is 26.2 Å². The van der Waals surface area contributed by atoms with Gasteiger partial charge in [0.2, 0.25) is 0 Å². The van der Waals surface area contributed by atoms with Crippen LogP contribution < -0.4 is 10.6 Å². The van der Waals surface area contributed by atoms with Gasteiger partial charge in [-0.3, -0.25) is 9.89 Å². The van der Waals surface area contributed by atoms with E-state index in [0.29, 0.717) is 13.2 Å². The molecule has 2 fully saturated rings. The van der Waals surface area contributed by atoms with E-state index in [1.807, 2.05) is 0 Å². The summed E-state index contributed by atoms with van der Waals surface area (Å²) in [5.74, 6) is 0.924. The second-order valence-corrected chi connectivity index (χ2v) is 7.47. The molecular formula is C20H41IN4O3. The maximum Gasteiger partial charge on any atom is 0.191 e. The summed E-state index contributed by atoms with van der Waals surface area (Å²) in [4.78, 5) is 7.63. The molecule has 0 aromatic rings. The number of methoxy groups -OCH3 is 1. The molecule has 1 saturated heterocycles. The molecule has 0 atom stereocenters. The van der Waals surface area contributed by atoms with Crippen LogP contribution in [0.2, 0.25) is 0 Å². The number of aliphatic imine (C=N–C) groups is 1. The van der Waals surface area contributed by atoms with E-state index >= 15 is 0 Å². The van der Waals surface area contributed by atoms with Gasteiger partial charge in [0.1, 0.15) is 0 Å². The van der Waals surface area contributed by atoms with Gasteiger partial charge >= 0.3 is 0 Å². The number of ether oxygens (including phenoxy) is 3. The van der Waals surface area contributed by atoms with Crippen molar-refractivity contribution < 1.29 is 14.2 Å². The molecule has 2 rings (SSSR count). The van der Waals surface area contributed by atoms with E-state index in [0.717, 1.165) is 64.9 Å². The van der Waals surface area contributed by atoms with Crippen LogP contribution >= 0.6 is 24.0 Å². The fourth-order valence-corrected chi connectivity index (χ4v) is 4.02. The molecule has 2 aliphatic rings. The van der Waals surface area contributed by atoms with Crippen molar-refractivity contribution in [3.8, 4) is 0 Å². The fourth-order valence-electron chi connectivity index (χ4n) is 4.02. The van der Waals surface area contributed by atoms with Crippen molar-refractivity contribution in [1.29, 1.82) is 0 Å². The number of hydrogen-bond acceptors (Lipinski definition) is 5. The molecule has 0 radical (unpaired) electrons. The maximum absolute atomic E-state index is 5.58. The normalized spacial score (nSPS) is 20.4. The van der Waals surface area contributed by atoms with Gasteiger partial charge in [-0.2, -0.15) is 0 Å². The quantitative estimate of drug-likeness (QED) is 0.192. The molecule has 1 aliphatic carbocycles. The Hall–Kier alpha value is -0.160. The van der Waals surface area contributed by atoms with Crippen LogP contribution in [-0.4, -0.2) is 89.3 Å². The third-order valence-corrected chi connectivity index (χ3v) is 5.53. The first-order valence-corrected chi connectivity index (χ1v) is 10.7. The summed E-state index contributed by atoms with van der Waals surface area (Å²) in [5, 5.41) is 6.84. The number of halogens is 1. The molecule has 0 amide bonds. The molecule has 0 bridgehead atoms. The third kappa shape index (κ3) is 9.11. The summed E-state index contributed by atoms with van der Waals surface area (Å²) in [5.41, 5.74) is 0.216. The maximum atomic E-state index is 5.58. The van der Waals surface area contributed by atoms with Crippen molar-refractivity contribution in [3.05, 3.63) is 0 Å². The summed E-state index contributed by atoms with van der Waals surface area (Å²) >= 11 is 0. The SMILES string of the molecule is CCNC(=NCC1(N2CCOCC2)CCCCC1)NCCCOCCOC.I. The lowest BCUT2D eigenvalue weighted by atomic mass is 9.80. The number of guanidine groups is 1. The smallest absolute Gasteiger partial charge is 0.191 e. The van der Waals surface area contributed by atoms with Gasteiger partial charge in [0.15, 0.2) is 5.96 Å². The molecule has 0 aromatic carbocycles. The van der Waals surface area contributed by atoms with Crippen LogP contribution in [0.15, 0.2) is 4.99 Å². The number of hydrogen-bond donors (Lipinski definition) is 2. The zero-order valence-corrected chi connectivity index (χ0v) is 20.2. The van der Waals surface area contributed by atoms with Gasteiger partial charge in [-0.25, -0.2) is 0 Å². The molecule has 7 nitrogen and oxygen atoms in total. The van der Waals surface area contributed by atoms with Crippen molar-refractivity contribution >= 4 is 29.9 Å². The van der Waals surface area contributed by atoms with Crippen LogP contribution in [0.3, 0.4) is 0 Å². The number of rotatable bonds is 11. The summed E-state index contributed by atoms with van der Waals surface area (Å²) in [7, 11) is 1.69. The van der Waals surface area contributed by atoms with E-state index in [4.69, 9.17) is 19.2 Å². The molecule has 2 N–H and O–H groups in total. The van der Waals surface area contributed by atoms with Gasteiger partial charge in [0, 0.05) is 45.4 Å². The molecule has 0 spiro atoms. The predicted molar refractivity (Wildman–Crippen MR) is 125 cm³/mol. The first-order chi connectivity index (χ1) is 13.3. The fraction of sp³-hybridized carbons (Fsp3) is 0.950. The van der Waals surface area contributed by atoms with Crippen molar-refractivity contribution in [2.75, 3.05) is 72.9 Å². The molecule has 28 heavy (non-hydrogen) atoms. The summed E-state index contributed by atoms with van der Waals surface area (Å²) in [6.07, 6.45) is 7.46. The molecule has 8 heteroatoms. The standard InChI is InChI=1S/C20H40N4O3.HI/c1-3-21-19(22-10-7-13-26-17-16-25-2)23-18-20(8-5-4-6-9-20)24-11-14-27-15-12-24;/h3-18H2,1-2H3,(H2,21,22,23);1H. The number of morpholine rings is 1. The minimum absolute atomic E-state index is 0. The van der Waals surface area contributed by atoms with Crippen LogP contribution in [0.4, 0.5) is 0 Å². The lowest BCUT2D eigenvalue weighted by Crippen LogP contribution is -2.56. The van der Waals surface area contributed by atoms with E-state index in [2.05, 4.69) is 22.5 Å². The molecular weight excluding hydrogens is 471 g/mol. The Kier molecular flexibility index (Phi) is 14.5. The highest BCUT2D eigenvalue weighted by molar-refractivity contribution is 14.0. The molecule has 1 aliphatic heterocycles. The van der Waals surface area contributed by atoms with Crippen LogP contribution in [0.25, 0.3) is 0 Å². The van der Waals surface area contributed by atoms with Crippen LogP contribution in [0.5, 0.6) is 0 Å². The highest BCUT2D eigenvalue weighted by Crippen LogP contribution is 2.34. The van der Waals surface area contributed by atoms with Crippen molar-refractivity contribution in [3.63, 3.8) is 0 Å². The zero-order chi connectivity index (χ0) is 19.2. The summed E-state index contributed by atoms with van der Waals surface area (Å²) < 4.78 is 16.1. The Bertz CT molecular complexity index is 414. The molecule has 0 aromatic heterocycles. The molecule has 0 unspecified atom stereocenters. The minimum Gasteiger partial charge on any atom is -0.382 e.